The first-order valence-electron chi connectivity index (χ1n) is 4.36. The largest absolute Gasteiger partial charge is 0.235 e. The summed E-state index contributed by atoms with van der Waals surface area (Å²) in [6.07, 6.45) is 0. The zero-order valence-corrected chi connectivity index (χ0v) is 11.3. The summed E-state index contributed by atoms with van der Waals surface area (Å²) < 4.78 is 41.0. The Kier molecular flexibility index (Phi) is 3.53. The predicted octanol–water partition coefficient (Wildman–Crippen LogP) is 3.27. The van der Waals surface area contributed by atoms with Crippen LogP contribution in [0.25, 0.3) is 0 Å². The highest BCUT2D eigenvalue weighted by Crippen LogP contribution is 2.17. The Morgan fingerprint density at radius 2 is 1.71 bits per heavy atom. The van der Waals surface area contributed by atoms with Crippen LogP contribution < -0.4 is 0 Å². The maximum absolute atomic E-state index is 13.4. The fraction of sp³-hybridized carbons (Fsp3) is 0.111. The lowest BCUT2D eigenvalue weighted by molar-refractivity contribution is 0.485. The Balaban J connectivity index is 2.36. The van der Waals surface area contributed by atoms with Crippen molar-refractivity contribution in [3.63, 3.8) is 0 Å². The molecule has 0 amide bonds. The highest BCUT2D eigenvalue weighted by atomic mass is 79.9. The number of aromatic nitrogens is 3. The highest BCUT2D eigenvalue weighted by Gasteiger charge is 2.12. The smallest absolute Gasteiger partial charge is 0.218 e. The van der Waals surface area contributed by atoms with E-state index in [0.717, 1.165) is 6.07 Å². The summed E-state index contributed by atoms with van der Waals surface area (Å²) >= 11 is 6.14. The van der Waals surface area contributed by atoms with Crippen molar-refractivity contribution < 1.29 is 13.2 Å². The van der Waals surface area contributed by atoms with Crippen molar-refractivity contribution in [3.8, 4) is 0 Å². The third-order valence-electron chi connectivity index (χ3n) is 2.01. The maximum atomic E-state index is 13.4. The van der Waals surface area contributed by atoms with E-state index in [-0.39, 0.29) is 12.1 Å². The van der Waals surface area contributed by atoms with Gasteiger partial charge in [0.1, 0.15) is 5.82 Å². The van der Waals surface area contributed by atoms with Gasteiger partial charge in [0.25, 0.3) is 0 Å². The normalized spacial score (nSPS) is 10.9. The van der Waals surface area contributed by atoms with E-state index in [0.29, 0.717) is 15.5 Å². The molecule has 0 N–H and O–H groups in total. The minimum Gasteiger partial charge on any atom is -0.235 e. The molecule has 90 valence electrons. The Morgan fingerprint density at radius 3 is 2.29 bits per heavy atom. The fourth-order valence-corrected chi connectivity index (χ4v) is 2.21. The zero-order chi connectivity index (χ0) is 12.6. The molecular weight excluding hydrogens is 367 g/mol. The second-order valence-corrected chi connectivity index (χ2v) is 4.58. The van der Waals surface area contributed by atoms with Crippen LogP contribution in [0.4, 0.5) is 13.2 Å². The average Bonchev–Trinajstić information content (AvgIpc) is 2.54. The number of hydrogen-bond acceptors (Lipinski definition) is 2. The molecule has 1 aromatic heterocycles. The SMILES string of the molecule is Fc1cc(F)c(Cn2nc(Br)nc2Br)cc1F. The van der Waals surface area contributed by atoms with Crippen LogP contribution in [0, 0.1) is 17.5 Å². The zero-order valence-electron chi connectivity index (χ0n) is 8.09. The summed E-state index contributed by atoms with van der Waals surface area (Å²) in [6, 6.07) is 1.30. The van der Waals surface area contributed by atoms with Crippen LogP contribution in [0.3, 0.4) is 0 Å². The molecule has 1 aromatic carbocycles. The molecule has 1 heterocycles. The molecular formula is C9H4Br2F3N3. The van der Waals surface area contributed by atoms with Gasteiger partial charge in [0.15, 0.2) is 16.4 Å². The first kappa shape index (κ1) is 12.6. The van der Waals surface area contributed by atoms with Gasteiger partial charge in [-0.1, -0.05) is 0 Å². The van der Waals surface area contributed by atoms with Gasteiger partial charge in [-0.2, -0.15) is 4.98 Å². The molecule has 0 unspecified atom stereocenters. The second-order valence-electron chi connectivity index (χ2n) is 3.17. The van der Waals surface area contributed by atoms with Crippen LogP contribution in [0.2, 0.25) is 0 Å². The van der Waals surface area contributed by atoms with E-state index in [2.05, 4.69) is 41.9 Å². The van der Waals surface area contributed by atoms with Gasteiger partial charge in [0.2, 0.25) is 4.73 Å². The Bertz CT molecular complexity index is 571. The van der Waals surface area contributed by atoms with Crippen LogP contribution in [-0.2, 0) is 6.54 Å². The van der Waals surface area contributed by atoms with Crippen molar-refractivity contribution in [2.45, 2.75) is 6.54 Å². The molecule has 0 atom stereocenters. The molecule has 8 heteroatoms. The number of benzene rings is 1. The lowest BCUT2D eigenvalue weighted by Gasteiger charge is -2.04. The van der Waals surface area contributed by atoms with E-state index in [1.165, 1.54) is 4.68 Å². The summed E-state index contributed by atoms with van der Waals surface area (Å²) in [7, 11) is 0. The van der Waals surface area contributed by atoms with E-state index in [9.17, 15) is 13.2 Å². The van der Waals surface area contributed by atoms with Crippen LogP contribution in [0.15, 0.2) is 21.6 Å². The van der Waals surface area contributed by atoms with Gasteiger partial charge in [-0.3, -0.25) is 0 Å². The monoisotopic (exact) mass is 369 g/mol. The van der Waals surface area contributed by atoms with Gasteiger partial charge >= 0.3 is 0 Å². The molecule has 3 nitrogen and oxygen atoms in total. The lowest BCUT2D eigenvalue weighted by atomic mass is 10.2. The minimum absolute atomic E-state index is 0.0120. The Labute approximate surface area is 111 Å². The van der Waals surface area contributed by atoms with Crippen molar-refractivity contribution in [1.82, 2.24) is 14.8 Å². The van der Waals surface area contributed by atoms with Crippen molar-refractivity contribution in [1.29, 1.82) is 0 Å². The second kappa shape index (κ2) is 4.77. The van der Waals surface area contributed by atoms with E-state index >= 15 is 0 Å². The molecule has 0 fully saturated rings. The van der Waals surface area contributed by atoms with Gasteiger partial charge < -0.3 is 0 Å². The maximum Gasteiger partial charge on any atom is 0.218 e. The van der Waals surface area contributed by atoms with Gasteiger partial charge in [-0.15, -0.1) is 5.10 Å². The summed E-state index contributed by atoms with van der Waals surface area (Å²) in [4.78, 5) is 3.87. The standard InChI is InChI=1S/C9H4Br2F3N3/c10-8-15-9(11)17(16-8)3-4-1-6(13)7(14)2-5(4)12/h1-2H,3H2. The minimum atomic E-state index is -1.22. The molecule has 17 heavy (non-hydrogen) atoms. The summed E-state index contributed by atoms with van der Waals surface area (Å²) in [5.74, 6) is -3.15. The molecule has 2 rings (SSSR count). The quantitative estimate of drug-likeness (QED) is 0.759. The lowest BCUT2D eigenvalue weighted by Crippen LogP contribution is -2.05. The van der Waals surface area contributed by atoms with Crippen molar-refractivity contribution in [2.24, 2.45) is 0 Å². The highest BCUT2D eigenvalue weighted by molar-refractivity contribution is 9.11. The molecule has 0 bridgehead atoms. The first-order valence-corrected chi connectivity index (χ1v) is 5.95. The van der Waals surface area contributed by atoms with E-state index in [4.69, 9.17) is 0 Å². The van der Waals surface area contributed by atoms with Crippen LogP contribution in [0.5, 0.6) is 0 Å². The van der Waals surface area contributed by atoms with E-state index in [1.54, 1.807) is 0 Å². The number of nitrogens with zero attached hydrogens (tertiary/aromatic N) is 3. The predicted molar refractivity (Wildman–Crippen MR) is 60.8 cm³/mol. The molecule has 2 aromatic rings. The van der Waals surface area contributed by atoms with Crippen molar-refractivity contribution in [2.75, 3.05) is 0 Å². The summed E-state index contributed by atoms with van der Waals surface area (Å²) in [5, 5.41) is 3.89. The van der Waals surface area contributed by atoms with Gasteiger partial charge in [-0.05, 0) is 37.9 Å². The third kappa shape index (κ3) is 2.68. The average molecular weight is 371 g/mol. The summed E-state index contributed by atoms with van der Waals surface area (Å²) in [5.41, 5.74) is -0.0120. The van der Waals surface area contributed by atoms with E-state index < -0.39 is 17.5 Å². The van der Waals surface area contributed by atoms with E-state index in [1.807, 2.05) is 0 Å². The summed E-state index contributed by atoms with van der Waals surface area (Å²) in [6.45, 7) is -0.0534. The molecule has 0 spiro atoms. The van der Waals surface area contributed by atoms with Gasteiger partial charge in [-0.25, -0.2) is 17.9 Å². The molecule has 0 aliphatic heterocycles. The first-order chi connectivity index (χ1) is 7.97. The molecule has 0 saturated heterocycles. The number of hydrogen-bond donors (Lipinski definition) is 0. The molecule has 0 radical (unpaired) electrons. The fourth-order valence-electron chi connectivity index (χ4n) is 1.24. The van der Waals surface area contributed by atoms with Crippen molar-refractivity contribution in [3.05, 3.63) is 44.6 Å². The Morgan fingerprint density at radius 1 is 1.06 bits per heavy atom. The van der Waals surface area contributed by atoms with Gasteiger partial charge in [0.05, 0.1) is 6.54 Å². The molecule has 0 aliphatic carbocycles. The number of rotatable bonds is 2. The third-order valence-corrected chi connectivity index (χ3v) is 2.93. The molecule has 0 aliphatic rings. The van der Waals surface area contributed by atoms with Crippen LogP contribution in [0.1, 0.15) is 5.56 Å². The molecule has 0 saturated carbocycles. The topological polar surface area (TPSA) is 30.7 Å². The van der Waals surface area contributed by atoms with Gasteiger partial charge in [0, 0.05) is 11.6 Å². The Hall–Kier alpha value is -0.890. The number of halogens is 5. The van der Waals surface area contributed by atoms with Crippen molar-refractivity contribution >= 4 is 31.9 Å². The van der Waals surface area contributed by atoms with Crippen LogP contribution >= 0.6 is 31.9 Å². The van der Waals surface area contributed by atoms with Crippen LogP contribution in [-0.4, -0.2) is 14.8 Å².